The van der Waals surface area contributed by atoms with Crippen LogP contribution in [-0.2, 0) is 9.59 Å². The molecule has 2 aliphatic carbocycles. The number of nitrogens with one attached hydrogen (secondary N) is 1. The van der Waals surface area contributed by atoms with Crippen LogP contribution >= 0.6 is 23.2 Å². The highest BCUT2D eigenvalue weighted by Gasteiger charge is 2.42. The molecule has 2 saturated carbocycles. The van der Waals surface area contributed by atoms with Crippen LogP contribution in [0.25, 0.3) is 0 Å². The Hall–Kier alpha value is -1.37. The maximum atomic E-state index is 14.6. The van der Waals surface area contributed by atoms with Crippen molar-refractivity contribution in [2.75, 3.05) is 6.61 Å². The summed E-state index contributed by atoms with van der Waals surface area (Å²) in [6, 6.07) is 2.38. The zero-order valence-corrected chi connectivity index (χ0v) is 18.2. The van der Waals surface area contributed by atoms with Gasteiger partial charge < -0.3 is 16.2 Å². The molecule has 8 heteroatoms. The zero-order chi connectivity index (χ0) is 21.6. The van der Waals surface area contributed by atoms with Gasteiger partial charge in [-0.3, -0.25) is 9.59 Å². The fraction of sp³-hybridized carbons (Fsp3) is 0.619. The molecule has 1 atom stereocenters. The minimum absolute atomic E-state index is 0.0288. The van der Waals surface area contributed by atoms with E-state index in [4.69, 9.17) is 28.3 Å². The first kappa shape index (κ1) is 23.9. The highest BCUT2D eigenvalue weighted by molar-refractivity contribution is 6.42. The molecule has 2 fully saturated rings. The van der Waals surface area contributed by atoms with E-state index in [1.54, 1.807) is 0 Å². The van der Waals surface area contributed by atoms with Gasteiger partial charge in [0.15, 0.2) is 0 Å². The third-order valence-electron chi connectivity index (χ3n) is 5.98. The largest absolute Gasteiger partial charge is 0.387 e. The standard InChI is InChI=1S/C19H24Cl2FNO.C2H5NO2/c1-19(10-4-5-11-19)17(23-18(24)12-6-2-3-7-12)15-14(22)9-8-13(20)16(15)21;3-2(5)1-4/h8-9,12,17H,2-7,10-11H2,1H3,(H,23,24);4H,1H2,(H2,3,5). The molecule has 2 aliphatic rings. The van der Waals surface area contributed by atoms with E-state index in [0.717, 1.165) is 51.4 Å². The van der Waals surface area contributed by atoms with Crippen molar-refractivity contribution in [3.05, 3.63) is 33.6 Å². The van der Waals surface area contributed by atoms with Crippen molar-refractivity contribution in [3.8, 4) is 0 Å². The van der Waals surface area contributed by atoms with Gasteiger partial charge in [-0.05, 0) is 43.2 Å². The van der Waals surface area contributed by atoms with Gasteiger partial charge in [0.1, 0.15) is 12.4 Å². The van der Waals surface area contributed by atoms with Crippen LogP contribution in [0, 0.1) is 17.2 Å². The van der Waals surface area contributed by atoms with E-state index >= 15 is 0 Å². The number of nitrogens with two attached hydrogens (primary N) is 1. The molecule has 0 radical (unpaired) electrons. The Balaban J connectivity index is 0.000000537. The maximum absolute atomic E-state index is 14.6. The monoisotopic (exact) mass is 446 g/mol. The Morgan fingerprint density at radius 1 is 1.24 bits per heavy atom. The fourth-order valence-electron chi connectivity index (χ4n) is 4.32. The average molecular weight is 447 g/mol. The van der Waals surface area contributed by atoms with Gasteiger partial charge in [-0.2, -0.15) is 0 Å². The summed E-state index contributed by atoms with van der Waals surface area (Å²) >= 11 is 12.5. The Bertz CT molecular complexity index is 733. The Labute approximate surface area is 181 Å². The molecule has 162 valence electrons. The molecule has 0 aliphatic heterocycles. The van der Waals surface area contributed by atoms with E-state index in [1.165, 1.54) is 12.1 Å². The van der Waals surface area contributed by atoms with Crippen LogP contribution in [0.3, 0.4) is 0 Å². The number of hydrogen-bond acceptors (Lipinski definition) is 3. The van der Waals surface area contributed by atoms with E-state index in [-0.39, 0.29) is 22.3 Å². The first-order valence-electron chi connectivity index (χ1n) is 10.0. The van der Waals surface area contributed by atoms with Gasteiger partial charge in [0.25, 0.3) is 0 Å². The van der Waals surface area contributed by atoms with E-state index in [1.807, 2.05) is 0 Å². The van der Waals surface area contributed by atoms with Crippen molar-refractivity contribution >= 4 is 35.0 Å². The summed E-state index contributed by atoms with van der Waals surface area (Å²) in [5.41, 5.74) is 4.56. The molecule has 0 heterocycles. The number of primary amides is 1. The highest BCUT2D eigenvalue weighted by atomic mass is 35.5. The summed E-state index contributed by atoms with van der Waals surface area (Å²) in [7, 11) is 0. The summed E-state index contributed by atoms with van der Waals surface area (Å²) in [6.45, 7) is 1.57. The Morgan fingerprint density at radius 2 is 1.79 bits per heavy atom. The molecule has 2 amide bonds. The molecule has 0 saturated heterocycles. The first-order valence-corrected chi connectivity index (χ1v) is 10.8. The molecule has 29 heavy (non-hydrogen) atoms. The predicted octanol–water partition coefficient (Wildman–Crippen LogP) is 4.52. The van der Waals surface area contributed by atoms with Gasteiger partial charge in [0.2, 0.25) is 11.8 Å². The van der Waals surface area contributed by atoms with Crippen LogP contribution < -0.4 is 11.1 Å². The summed E-state index contributed by atoms with van der Waals surface area (Å²) in [6.07, 6.45) is 8.09. The number of carbonyl (C=O) groups is 2. The van der Waals surface area contributed by atoms with E-state index in [2.05, 4.69) is 18.0 Å². The number of aliphatic hydroxyl groups excluding tert-OH is 1. The zero-order valence-electron chi connectivity index (χ0n) is 16.6. The van der Waals surface area contributed by atoms with E-state index < -0.39 is 24.4 Å². The second kappa shape index (κ2) is 10.6. The third kappa shape index (κ3) is 6.06. The van der Waals surface area contributed by atoms with Gasteiger partial charge in [-0.25, -0.2) is 4.39 Å². The first-order chi connectivity index (χ1) is 13.7. The van der Waals surface area contributed by atoms with Gasteiger partial charge in [0.05, 0.1) is 16.1 Å². The topological polar surface area (TPSA) is 92.4 Å². The van der Waals surface area contributed by atoms with Crippen molar-refractivity contribution < 1.29 is 19.1 Å². The summed E-state index contributed by atoms with van der Waals surface area (Å²) in [5.74, 6) is -1.01. The van der Waals surface area contributed by atoms with Crippen LogP contribution in [0.15, 0.2) is 12.1 Å². The van der Waals surface area contributed by atoms with E-state index in [0.29, 0.717) is 10.6 Å². The molecule has 3 rings (SSSR count). The van der Waals surface area contributed by atoms with Crippen LogP contribution in [-0.4, -0.2) is 23.5 Å². The lowest BCUT2D eigenvalue weighted by Crippen LogP contribution is -2.41. The predicted molar refractivity (Wildman–Crippen MR) is 112 cm³/mol. The molecule has 5 nitrogen and oxygen atoms in total. The molecular formula is C21H29Cl2FN2O3. The van der Waals surface area contributed by atoms with Crippen molar-refractivity contribution in [1.82, 2.24) is 5.32 Å². The molecule has 0 spiro atoms. The lowest BCUT2D eigenvalue weighted by atomic mass is 9.76. The molecule has 0 aromatic heterocycles. The maximum Gasteiger partial charge on any atom is 0.243 e. The second-order valence-electron chi connectivity index (χ2n) is 8.17. The summed E-state index contributed by atoms with van der Waals surface area (Å²) in [5, 5.41) is 11.4. The van der Waals surface area contributed by atoms with Crippen molar-refractivity contribution in [3.63, 3.8) is 0 Å². The Kier molecular flexibility index (Phi) is 8.73. The summed E-state index contributed by atoms with van der Waals surface area (Å²) < 4.78 is 14.6. The van der Waals surface area contributed by atoms with Crippen LogP contribution in [0.4, 0.5) is 4.39 Å². The summed E-state index contributed by atoms with van der Waals surface area (Å²) in [4.78, 5) is 22.1. The molecule has 0 bridgehead atoms. The molecular weight excluding hydrogens is 418 g/mol. The fourth-order valence-corrected chi connectivity index (χ4v) is 4.75. The van der Waals surface area contributed by atoms with Crippen LogP contribution in [0.5, 0.6) is 0 Å². The van der Waals surface area contributed by atoms with Gasteiger partial charge in [0, 0.05) is 11.5 Å². The van der Waals surface area contributed by atoms with E-state index in [9.17, 15) is 14.0 Å². The number of amides is 2. The average Bonchev–Trinajstić information content (AvgIpc) is 3.37. The Morgan fingerprint density at radius 3 is 2.31 bits per heavy atom. The second-order valence-corrected chi connectivity index (χ2v) is 8.95. The SMILES string of the molecule is CC1(C(NC(=O)C2CCCC2)c2c(F)ccc(Cl)c2Cl)CCCC1.NC(=O)CO. The number of carbonyl (C=O) groups excluding carboxylic acids is 2. The van der Waals surface area contributed by atoms with Gasteiger partial charge >= 0.3 is 0 Å². The smallest absolute Gasteiger partial charge is 0.243 e. The quantitative estimate of drug-likeness (QED) is 0.580. The van der Waals surface area contributed by atoms with Crippen molar-refractivity contribution in [2.24, 2.45) is 17.1 Å². The van der Waals surface area contributed by atoms with Crippen LogP contribution in [0.2, 0.25) is 10.0 Å². The minimum Gasteiger partial charge on any atom is -0.387 e. The number of rotatable bonds is 5. The third-order valence-corrected chi connectivity index (χ3v) is 6.80. The molecule has 4 N–H and O–H groups in total. The number of aliphatic hydroxyl groups is 1. The van der Waals surface area contributed by atoms with Crippen molar-refractivity contribution in [1.29, 1.82) is 0 Å². The molecule has 1 unspecified atom stereocenters. The highest BCUT2D eigenvalue weighted by Crippen LogP contribution is 2.50. The van der Waals surface area contributed by atoms with Gasteiger partial charge in [-0.15, -0.1) is 0 Å². The molecule has 1 aromatic carbocycles. The van der Waals surface area contributed by atoms with Crippen molar-refractivity contribution in [2.45, 2.75) is 64.3 Å². The molecule has 1 aromatic rings. The number of benzene rings is 1. The number of halogens is 3. The lowest BCUT2D eigenvalue weighted by molar-refractivity contribution is -0.126. The lowest BCUT2D eigenvalue weighted by Gasteiger charge is -2.36. The van der Waals surface area contributed by atoms with Gasteiger partial charge in [-0.1, -0.05) is 55.8 Å². The van der Waals surface area contributed by atoms with Crippen LogP contribution in [0.1, 0.15) is 69.9 Å². The number of hydrogen-bond donors (Lipinski definition) is 3. The normalized spacial score (nSPS) is 19.3. The minimum atomic E-state index is -0.690.